The van der Waals surface area contributed by atoms with Crippen molar-refractivity contribution >= 4 is 44.0 Å². The SMILES string of the molecule is CC(=O)Oc1cccc(C(=O)CO)c1.CCOc1cccc(C(C)=O)c1.O=[Se]=O.[C-]#[N+]c1ncc(-c2cccc(-c3cnc(C#N)c(C#N)n3)c2)nc1[N+]#[C-]. The molecule has 0 saturated heterocycles. The second-order valence-electron chi connectivity index (χ2n) is 10.2. The van der Waals surface area contributed by atoms with Crippen molar-refractivity contribution in [3.05, 3.63) is 131 Å². The van der Waals surface area contributed by atoms with Crippen LogP contribution in [0.4, 0.5) is 11.6 Å². The zero-order valence-electron chi connectivity index (χ0n) is 29.3. The van der Waals surface area contributed by atoms with Crippen LogP contribution in [0.1, 0.15) is 52.9 Å². The molecule has 0 bridgehead atoms. The molecular formula is C38H28N8O8Se. The van der Waals surface area contributed by atoms with Gasteiger partial charge in [0.05, 0.1) is 18.5 Å². The van der Waals surface area contributed by atoms with E-state index in [1.165, 1.54) is 25.4 Å². The molecule has 17 heteroatoms. The average molecular weight is 804 g/mol. The summed E-state index contributed by atoms with van der Waals surface area (Å²) in [6.45, 7) is 18.9. The number of benzene rings is 3. The summed E-state index contributed by atoms with van der Waals surface area (Å²) < 4.78 is 26.9. The smallest absolute Gasteiger partial charge is 0.294 e. The Morgan fingerprint density at radius 3 is 1.87 bits per heavy atom. The number of ether oxygens (including phenoxy) is 2. The standard InChI is InChI=1S/C18H6N8.C10H10O4.C10H12O2.O2Se/c1-21-17-18(22-2)26-16(10-24-17)12-5-3-4-11(6-12)15-9-23-13(7-19)14(8-20)25-15;1-7(12)14-9-4-2-3-8(5-9)10(13)6-11;1-3-12-10-6-4-5-9(7-10)8(2)11;1-3-2/h3-6,9-10H;2-5,11H,6H2,1H3;4-7H,3H2,1-2H3;. The third-order valence-electron chi connectivity index (χ3n) is 6.50. The van der Waals surface area contributed by atoms with Gasteiger partial charge in [-0.05, 0) is 44.2 Å². The minimum Gasteiger partial charge on any atom is -0.370 e. The van der Waals surface area contributed by atoms with E-state index >= 15 is 0 Å². The molecule has 55 heavy (non-hydrogen) atoms. The van der Waals surface area contributed by atoms with Crippen molar-refractivity contribution in [3.8, 4) is 46.2 Å². The van der Waals surface area contributed by atoms with Gasteiger partial charge in [0.25, 0.3) is 11.6 Å². The van der Waals surface area contributed by atoms with Gasteiger partial charge in [-0.15, -0.1) is 9.97 Å². The summed E-state index contributed by atoms with van der Waals surface area (Å²) in [6, 6.07) is 24.1. The molecule has 0 fully saturated rings. The Hall–Kier alpha value is -7.53. The van der Waals surface area contributed by atoms with Gasteiger partial charge >= 0.3 is 28.5 Å². The van der Waals surface area contributed by atoms with E-state index in [-0.39, 0.29) is 28.8 Å². The van der Waals surface area contributed by atoms with Crippen molar-refractivity contribution in [2.24, 2.45) is 0 Å². The normalized spacial score (nSPS) is 9.16. The Labute approximate surface area is 320 Å². The number of Topliss-reactive ketones (excluding diaryl/α,β-unsaturated/α-hetero) is 2. The van der Waals surface area contributed by atoms with E-state index in [2.05, 4.69) is 29.6 Å². The van der Waals surface area contributed by atoms with Gasteiger partial charge in [-0.25, -0.2) is 9.97 Å². The first-order valence-corrected chi connectivity index (χ1v) is 16.9. The number of aliphatic hydroxyl groups is 1. The Morgan fingerprint density at radius 2 is 1.33 bits per heavy atom. The van der Waals surface area contributed by atoms with Crippen LogP contribution in [0.25, 0.3) is 32.2 Å². The summed E-state index contributed by atoms with van der Waals surface area (Å²) in [6.07, 6.45) is 2.84. The predicted octanol–water partition coefficient (Wildman–Crippen LogP) is 5.90. The molecule has 0 spiro atoms. The number of nitriles is 2. The molecule has 0 aliphatic rings. The van der Waals surface area contributed by atoms with Crippen LogP contribution in [0, 0.1) is 35.8 Å². The maximum absolute atomic E-state index is 11.1. The first-order chi connectivity index (χ1) is 26.5. The van der Waals surface area contributed by atoms with E-state index < -0.39 is 33.2 Å². The van der Waals surface area contributed by atoms with Crippen molar-refractivity contribution in [2.75, 3.05) is 13.2 Å². The van der Waals surface area contributed by atoms with Crippen LogP contribution in [0.5, 0.6) is 11.5 Å². The summed E-state index contributed by atoms with van der Waals surface area (Å²) >= 11 is -1.62. The topological polar surface area (TPSA) is 232 Å². The number of hydrogen-bond acceptors (Lipinski definition) is 14. The monoisotopic (exact) mass is 804 g/mol. The number of aromatic nitrogens is 4. The van der Waals surface area contributed by atoms with Gasteiger partial charge in [-0.1, -0.05) is 55.6 Å². The van der Waals surface area contributed by atoms with E-state index in [1.54, 1.807) is 61.5 Å². The van der Waals surface area contributed by atoms with Gasteiger partial charge in [-0.3, -0.25) is 14.4 Å². The van der Waals surface area contributed by atoms with Gasteiger partial charge in [0, 0.05) is 29.2 Å². The molecule has 0 amide bonds. The van der Waals surface area contributed by atoms with Crippen LogP contribution in [-0.2, 0) is 12.5 Å². The van der Waals surface area contributed by atoms with E-state index in [1.807, 2.05) is 31.2 Å². The predicted molar refractivity (Wildman–Crippen MR) is 194 cm³/mol. The molecule has 274 valence electrons. The van der Waals surface area contributed by atoms with Gasteiger partial charge in [0.15, 0.2) is 29.2 Å². The molecule has 0 aliphatic heterocycles. The maximum atomic E-state index is 11.1. The van der Waals surface area contributed by atoms with E-state index in [9.17, 15) is 14.4 Å². The molecule has 0 atom stereocenters. The number of carbonyl (C=O) groups is 3. The fourth-order valence-electron chi connectivity index (χ4n) is 4.15. The Balaban J connectivity index is 0.000000303. The van der Waals surface area contributed by atoms with E-state index in [4.69, 9.17) is 45.9 Å². The fourth-order valence-corrected chi connectivity index (χ4v) is 4.15. The van der Waals surface area contributed by atoms with Crippen LogP contribution >= 0.6 is 0 Å². The molecule has 3 aromatic carbocycles. The number of nitrogens with zero attached hydrogens (tertiary/aromatic N) is 8. The summed E-state index contributed by atoms with van der Waals surface area (Å²) in [4.78, 5) is 55.2. The van der Waals surface area contributed by atoms with Crippen LogP contribution in [0.3, 0.4) is 0 Å². The molecule has 5 aromatic rings. The first-order valence-electron chi connectivity index (χ1n) is 15.5. The van der Waals surface area contributed by atoms with Gasteiger partial charge in [0.2, 0.25) is 5.69 Å². The van der Waals surface area contributed by atoms with Crippen molar-refractivity contribution in [1.82, 2.24) is 19.9 Å². The van der Waals surface area contributed by atoms with Crippen LogP contribution in [0.15, 0.2) is 85.2 Å². The summed E-state index contributed by atoms with van der Waals surface area (Å²) in [5, 5.41) is 26.6. The largest absolute Gasteiger partial charge is 0.370 e. The minimum atomic E-state index is -1.62. The van der Waals surface area contributed by atoms with Crippen LogP contribution in [-0.4, -0.2) is 70.6 Å². The number of rotatable bonds is 8. The quantitative estimate of drug-likeness (QED) is 0.0633. The number of aliphatic hydroxyl groups excluding tert-OH is 1. The Bertz CT molecular complexity index is 2300. The summed E-state index contributed by atoms with van der Waals surface area (Å²) in [5.74, 6) is 0.167. The minimum absolute atomic E-state index is 0.0327. The number of esters is 1. The van der Waals surface area contributed by atoms with E-state index in [0.29, 0.717) is 46.0 Å². The molecule has 2 aromatic heterocycles. The molecule has 0 radical (unpaired) electrons. The number of ketones is 2. The van der Waals surface area contributed by atoms with Crippen molar-refractivity contribution < 1.29 is 36.6 Å². The molecule has 0 unspecified atom stereocenters. The molecule has 16 nitrogen and oxygen atoms in total. The van der Waals surface area contributed by atoms with Crippen molar-refractivity contribution in [3.63, 3.8) is 0 Å². The molecule has 2 heterocycles. The second kappa shape index (κ2) is 23.1. The Kier molecular flexibility index (Phi) is 18.3. The molecular weight excluding hydrogens is 775 g/mol. The zero-order chi connectivity index (χ0) is 40.8. The third kappa shape index (κ3) is 13.8. The van der Waals surface area contributed by atoms with Crippen LogP contribution < -0.4 is 9.47 Å². The van der Waals surface area contributed by atoms with Gasteiger partial charge < -0.3 is 24.3 Å². The van der Waals surface area contributed by atoms with E-state index in [0.717, 1.165) is 5.75 Å². The van der Waals surface area contributed by atoms with Gasteiger partial charge in [-0.2, -0.15) is 10.5 Å². The fraction of sp³-hybridized carbons (Fsp3) is 0.132. The molecule has 5 rings (SSSR count). The zero-order valence-corrected chi connectivity index (χ0v) is 31.0. The Morgan fingerprint density at radius 1 is 0.782 bits per heavy atom. The van der Waals surface area contributed by atoms with Crippen molar-refractivity contribution in [2.45, 2.75) is 20.8 Å². The van der Waals surface area contributed by atoms with Gasteiger partial charge in [0.1, 0.15) is 30.2 Å². The average Bonchev–Trinajstić information content (AvgIpc) is 3.20. The molecule has 0 aliphatic carbocycles. The summed E-state index contributed by atoms with van der Waals surface area (Å²) in [7, 11) is 0. The second-order valence-corrected chi connectivity index (χ2v) is 10.5. The molecule has 0 saturated carbocycles. The maximum Gasteiger partial charge on any atom is 0.294 e. The van der Waals surface area contributed by atoms with Crippen LogP contribution in [0.2, 0.25) is 0 Å². The first kappa shape index (κ1) is 43.6. The number of hydrogen-bond donors (Lipinski definition) is 1. The molecule has 1 N–H and O–H groups in total. The number of carbonyl (C=O) groups excluding carboxylic acids is 3. The van der Waals surface area contributed by atoms with Crippen molar-refractivity contribution in [1.29, 1.82) is 10.5 Å². The summed E-state index contributed by atoms with van der Waals surface area (Å²) in [5.41, 5.74) is 3.14. The third-order valence-corrected chi connectivity index (χ3v) is 6.50.